The predicted octanol–water partition coefficient (Wildman–Crippen LogP) is 11.0. The van der Waals surface area contributed by atoms with E-state index in [2.05, 4.69) is 118 Å². The number of hydrogen-bond acceptors (Lipinski definition) is 2. The lowest BCUT2D eigenvalue weighted by Gasteiger charge is -2.17. The minimum atomic E-state index is 0.605. The quantitative estimate of drug-likeness (QED) is 0.199. The number of aromatic nitrogens is 2. The van der Waals surface area contributed by atoms with Crippen molar-refractivity contribution in [3.8, 4) is 45.8 Å². The van der Waals surface area contributed by atoms with Gasteiger partial charge in [-0.2, -0.15) is 10.5 Å². The van der Waals surface area contributed by atoms with Crippen molar-refractivity contribution in [2.24, 2.45) is 0 Å². The molecule has 48 heavy (non-hydrogen) atoms. The summed E-state index contributed by atoms with van der Waals surface area (Å²) >= 11 is 0. The van der Waals surface area contributed by atoms with E-state index in [1.54, 1.807) is 0 Å². The Morgan fingerprint density at radius 1 is 0.396 bits per heavy atom. The van der Waals surface area contributed by atoms with Gasteiger partial charge in [-0.05, 0) is 54.1 Å². The van der Waals surface area contributed by atoms with Gasteiger partial charge in [0.05, 0.1) is 45.0 Å². The normalized spacial score (nSPS) is 11.3. The van der Waals surface area contributed by atoms with Gasteiger partial charge in [0, 0.05) is 43.9 Å². The molecule has 4 nitrogen and oxygen atoms in total. The monoisotopic (exact) mass is 610 g/mol. The highest BCUT2D eigenvalue weighted by Crippen LogP contribution is 2.40. The minimum Gasteiger partial charge on any atom is -0.309 e. The van der Waals surface area contributed by atoms with Crippen molar-refractivity contribution in [1.82, 2.24) is 9.13 Å². The smallest absolute Gasteiger partial charge is 0.100 e. The van der Waals surface area contributed by atoms with Crippen LogP contribution in [0.3, 0.4) is 0 Å². The van der Waals surface area contributed by atoms with Crippen LogP contribution in [-0.4, -0.2) is 9.13 Å². The Labute approximate surface area is 277 Å². The van der Waals surface area contributed by atoms with Crippen molar-refractivity contribution in [3.05, 3.63) is 169 Å². The van der Waals surface area contributed by atoms with E-state index in [0.29, 0.717) is 11.1 Å². The topological polar surface area (TPSA) is 57.4 Å². The van der Waals surface area contributed by atoms with Gasteiger partial charge in [-0.25, -0.2) is 0 Å². The molecule has 0 bridgehead atoms. The minimum absolute atomic E-state index is 0.605. The van der Waals surface area contributed by atoms with Crippen LogP contribution in [0.2, 0.25) is 0 Å². The maximum absolute atomic E-state index is 10.7. The second-order valence-corrected chi connectivity index (χ2v) is 12.0. The van der Waals surface area contributed by atoms with Gasteiger partial charge in [-0.15, -0.1) is 0 Å². The summed E-state index contributed by atoms with van der Waals surface area (Å²) in [5.41, 5.74) is 11.2. The third-order valence-corrected chi connectivity index (χ3v) is 9.43. The van der Waals surface area contributed by atoms with Crippen LogP contribution in [0.1, 0.15) is 11.1 Å². The average Bonchev–Trinajstić information content (AvgIpc) is 3.67. The Hall–Kier alpha value is -6.88. The van der Waals surface area contributed by atoms with E-state index in [9.17, 15) is 10.5 Å². The molecular formula is C44H26N4. The van der Waals surface area contributed by atoms with Gasteiger partial charge < -0.3 is 9.13 Å². The molecule has 4 heteroatoms. The fourth-order valence-electron chi connectivity index (χ4n) is 7.32. The van der Waals surface area contributed by atoms with Gasteiger partial charge in [0.15, 0.2) is 0 Å². The molecule has 0 saturated carbocycles. The summed E-state index contributed by atoms with van der Waals surface area (Å²) in [6.07, 6.45) is 0. The number of rotatable bonds is 4. The molecule has 0 radical (unpaired) electrons. The number of benzene rings is 7. The molecule has 0 amide bonds. The van der Waals surface area contributed by atoms with Crippen LogP contribution >= 0.6 is 0 Å². The van der Waals surface area contributed by atoms with E-state index in [0.717, 1.165) is 66.5 Å². The molecule has 0 spiro atoms. The third kappa shape index (κ3) is 4.07. The molecule has 0 aliphatic heterocycles. The van der Waals surface area contributed by atoms with Gasteiger partial charge in [-0.1, -0.05) is 109 Å². The molecule has 0 saturated heterocycles. The van der Waals surface area contributed by atoms with Gasteiger partial charge in [-0.3, -0.25) is 0 Å². The standard InChI is InChI=1S/C44H26N4/c45-27-29-20-25-38-37-13-4-8-19-43(37)48(44(38)26-29)42-18-7-1-10-34(42)33-15-9-14-32(39(33)28-46)30-21-23-31(24-22-30)47-40-16-5-2-11-35(40)36-12-3-6-17-41(36)47/h1-26H. The van der Waals surface area contributed by atoms with Crippen LogP contribution in [-0.2, 0) is 0 Å². The van der Waals surface area contributed by atoms with Crippen molar-refractivity contribution in [1.29, 1.82) is 10.5 Å². The van der Waals surface area contributed by atoms with Gasteiger partial charge >= 0.3 is 0 Å². The lowest BCUT2D eigenvalue weighted by atomic mass is 9.91. The Bertz CT molecular complexity index is 2750. The average molecular weight is 611 g/mol. The van der Waals surface area contributed by atoms with E-state index in [-0.39, 0.29) is 0 Å². The van der Waals surface area contributed by atoms with Crippen LogP contribution in [0.5, 0.6) is 0 Å². The van der Waals surface area contributed by atoms with Crippen LogP contribution in [0.15, 0.2) is 158 Å². The Morgan fingerprint density at radius 2 is 0.938 bits per heavy atom. The van der Waals surface area contributed by atoms with Crippen LogP contribution < -0.4 is 0 Å². The highest BCUT2D eigenvalue weighted by Gasteiger charge is 2.19. The van der Waals surface area contributed by atoms with Crippen LogP contribution in [0, 0.1) is 22.7 Å². The summed E-state index contributed by atoms with van der Waals surface area (Å²) in [6, 6.07) is 58.8. The van der Waals surface area contributed by atoms with Gasteiger partial charge in [0.2, 0.25) is 0 Å². The number of nitrogens with zero attached hydrogens (tertiary/aromatic N) is 4. The van der Waals surface area contributed by atoms with E-state index in [4.69, 9.17) is 0 Å². The first-order valence-corrected chi connectivity index (χ1v) is 15.9. The number of nitriles is 2. The first-order valence-electron chi connectivity index (χ1n) is 15.9. The maximum Gasteiger partial charge on any atom is 0.100 e. The number of hydrogen-bond donors (Lipinski definition) is 0. The first kappa shape index (κ1) is 27.4. The first-order chi connectivity index (χ1) is 23.7. The predicted molar refractivity (Wildman–Crippen MR) is 195 cm³/mol. The van der Waals surface area contributed by atoms with E-state index in [1.165, 1.54) is 10.8 Å². The van der Waals surface area contributed by atoms with Crippen molar-refractivity contribution in [2.75, 3.05) is 0 Å². The van der Waals surface area contributed by atoms with Crippen molar-refractivity contribution >= 4 is 43.6 Å². The van der Waals surface area contributed by atoms with E-state index < -0.39 is 0 Å². The molecule has 0 aliphatic carbocycles. The summed E-state index contributed by atoms with van der Waals surface area (Å²) in [4.78, 5) is 0. The lowest BCUT2D eigenvalue weighted by Crippen LogP contribution is -1.99. The van der Waals surface area contributed by atoms with E-state index >= 15 is 0 Å². The molecule has 2 aromatic heterocycles. The molecule has 222 valence electrons. The van der Waals surface area contributed by atoms with Crippen LogP contribution in [0.4, 0.5) is 0 Å². The Balaban J connectivity index is 1.21. The SMILES string of the molecule is N#Cc1ccc2c3ccccc3n(-c3ccccc3-c3cccc(-c4ccc(-n5c6ccccc6c6ccccc65)cc4)c3C#N)c2c1. The fraction of sp³-hybridized carbons (Fsp3) is 0. The molecule has 0 N–H and O–H groups in total. The van der Waals surface area contributed by atoms with Gasteiger partial charge in [0.1, 0.15) is 6.07 Å². The molecule has 9 rings (SSSR count). The van der Waals surface area contributed by atoms with Crippen molar-refractivity contribution in [3.63, 3.8) is 0 Å². The molecular weight excluding hydrogens is 585 g/mol. The van der Waals surface area contributed by atoms with E-state index in [1.807, 2.05) is 60.7 Å². The highest BCUT2D eigenvalue weighted by molar-refractivity contribution is 6.11. The second kappa shape index (κ2) is 10.9. The molecule has 9 aromatic rings. The molecule has 2 heterocycles. The Kier molecular flexibility index (Phi) is 6.22. The zero-order chi connectivity index (χ0) is 32.2. The third-order valence-electron chi connectivity index (χ3n) is 9.43. The van der Waals surface area contributed by atoms with Crippen LogP contribution in [0.25, 0.3) is 77.2 Å². The molecule has 0 atom stereocenters. The Morgan fingerprint density at radius 3 is 1.58 bits per heavy atom. The van der Waals surface area contributed by atoms with Gasteiger partial charge in [0.25, 0.3) is 0 Å². The summed E-state index contributed by atoms with van der Waals surface area (Å²) in [5.74, 6) is 0. The summed E-state index contributed by atoms with van der Waals surface area (Å²) < 4.78 is 4.52. The molecule has 7 aromatic carbocycles. The fourth-order valence-corrected chi connectivity index (χ4v) is 7.32. The number of fused-ring (bicyclic) bond motifs is 6. The zero-order valence-electron chi connectivity index (χ0n) is 25.8. The summed E-state index contributed by atoms with van der Waals surface area (Å²) in [5, 5.41) is 25.1. The lowest BCUT2D eigenvalue weighted by molar-refractivity contribution is 1.18. The van der Waals surface area contributed by atoms with Crippen molar-refractivity contribution in [2.45, 2.75) is 0 Å². The summed E-state index contributed by atoms with van der Waals surface area (Å²) in [6.45, 7) is 0. The molecule has 0 unspecified atom stereocenters. The van der Waals surface area contributed by atoms with Crippen molar-refractivity contribution < 1.29 is 0 Å². The largest absolute Gasteiger partial charge is 0.309 e. The second-order valence-electron chi connectivity index (χ2n) is 12.0. The zero-order valence-corrected chi connectivity index (χ0v) is 25.8. The highest BCUT2D eigenvalue weighted by atomic mass is 15.0. The maximum atomic E-state index is 10.7. The molecule has 0 fully saturated rings. The molecule has 0 aliphatic rings. The number of para-hydroxylation sites is 4. The summed E-state index contributed by atoms with van der Waals surface area (Å²) in [7, 11) is 0.